The fourth-order valence-corrected chi connectivity index (χ4v) is 2.34. The van der Waals surface area contributed by atoms with E-state index in [-0.39, 0.29) is 0 Å². The Kier molecular flexibility index (Phi) is 3.38. The first-order valence-corrected chi connectivity index (χ1v) is 6.38. The Morgan fingerprint density at radius 1 is 1.56 bits per heavy atom. The number of alkyl halides is 1. The van der Waals surface area contributed by atoms with Gasteiger partial charge in [0.25, 0.3) is 0 Å². The zero-order valence-electron chi connectivity index (χ0n) is 10.2. The van der Waals surface area contributed by atoms with E-state index in [0.717, 1.165) is 29.6 Å². The van der Waals surface area contributed by atoms with Crippen LogP contribution < -0.4 is 4.90 Å². The summed E-state index contributed by atoms with van der Waals surface area (Å²) in [5.41, 5.74) is 3.42. The molecule has 0 radical (unpaired) electrons. The van der Waals surface area contributed by atoms with Gasteiger partial charge in [0.15, 0.2) is 0 Å². The lowest BCUT2D eigenvalue weighted by atomic mass is 10.2. The monoisotopic (exact) mass is 238 g/mol. The molecule has 1 aromatic rings. The molecule has 1 saturated carbocycles. The molecule has 3 heteroatoms. The fraction of sp³-hybridized carbons (Fsp3) is 0.615. The van der Waals surface area contributed by atoms with Crippen molar-refractivity contribution in [3.8, 4) is 0 Å². The average Bonchev–Trinajstić information content (AvgIpc) is 2.94. The van der Waals surface area contributed by atoms with Crippen LogP contribution in [0.2, 0.25) is 0 Å². The maximum absolute atomic E-state index is 5.94. The summed E-state index contributed by atoms with van der Waals surface area (Å²) < 4.78 is 0. The maximum Gasteiger partial charge on any atom is 0.0509 e. The normalized spacial score (nSPS) is 23.2. The summed E-state index contributed by atoms with van der Waals surface area (Å²) in [6.45, 7) is 5.47. The Bertz CT molecular complexity index is 378. The number of hydrogen-bond acceptors (Lipinski definition) is 2. The number of halogens is 1. The van der Waals surface area contributed by atoms with E-state index in [9.17, 15) is 0 Å². The molecule has 0 bridgehead atoms. The molecule has 0 spiro atoms. The highest BCUT2D eigenvalue weighted by Gasteiger charge is 2.33. The van der Waals surface area contributed by atoms with E-state index in [1.54, 1.807) is 0 Å². The van der Waals surface area contributed by atoms with Crippen molar-refractivity contribution in [2.45, 2.75) is 26.1 Å². The van der Waals surface area contributed by atoms with E-state index >= 15 is 0 Å². The van der Waals surface area contributed by atoms with E-state index < -0.39 is 0 Å². The summed E-state index contributed by atoms with van der Waals surface area (Å²) >= 11 is 5.94. The summed E-state index contributed by atoms with van der Waals surface area (Å²) in [5.74, 6) is 2.29. The fourth-order valence-electron chi connectivity index (χ4n) is 2.14. The van der Waals surface area contributed by atoms with Crippen molar-refractivity contribution in [1.82, 2.24) is 4.98 Å². The molecule has 1 aromatic heterocycles. The number of pyridine rings is 1. The van der Waals surface area contributed by atoms with Crippen LogP contribution >= 0.6 is 11.6 Å². The molecule has 2 nitrogen and oxygen atoms in total. The molecule has 1 aliphatic carbocycles. The Morgan fingerprint density at radius 3 is 2.81 bits per heavy atom. The van der Waals surface area contributed by atoms with Crippen molar-refractivity contribution < 1.29 is 0 Å². The van der Waals surface area contributed by atoms with Gasteiger partial charge >= 0.3 is 0 Å². The molecule has 0 saturated heterocycles. The highest BCUT2D eigenvalue weighted by Crippen LogP contribution is 2.39. The summed E-state index contributed by atoms with van der Waals surface area (Å²) in [6, 6.07) is 2.13. The van der Waals surface area contributed by atoms with Crippen LogP contribution in [-0.4, -0.2) is 18.6 Å². The van der Waals surface area contributed by atoms with E-state index in [1.807, 2.05) is 13.1 Å². The smallest absolute Gasteiger partial charge is 0.0509 e. The zero-order chi connectivity index (χ0) is 11.7. The van der Waals surface area contributed by atoms with Crippen LogP contribution in [0.4, 0.5) is 5.69 Å². The number of rotatable bonds is 4. The topological polar surface area (TPSA) is 16.1 Å². The van der Waals surface area contributed by atoms with Gasteiger partial charge in [-0.3, -0.25) is 4.98 Å². The van der Waals surface area contributed by atoms with Crippen LogP contribution in [0.1, 0.15) is 24.6 Å². The van der Waals surface area contributed by atoms with Gasteiger partial charge in [-0.2, -0.15) is 0 Å². The second-order valence-corrected chi connectivity index (χ2v) is 5.21. The third kappa shape index (κ3) is 2.49. The molecule has 1 heterocycles. The molecule has 16 heavy (non-hydrogen) atoms. The summed E-state index contributed by atoms with van der Waals surface area (Å²) in [5, 5.41) is 0. The highest BCUT2D eigenvalue weighted by molar-refractivity contribution is 6.17. The minimum absolute atomic E-state index is 0.535. The van der Waals surface area contributed by atoms with Gasteiger partial charge in [-0.15, -0.1) is 11.6 Å². The van der Waals surface area contributed by atoms with E-state index in [1.165, 1.54) is 12.1 Å². The van der Waals surface area contributed by atoms with Crippen LogP contribution in [0.5, 0.6) is 0 Å². The van der Waals surface area contributed by atoms with E-state index in [2.05, 4.69) is 29.9 Å². The second kappa shape index (κ2) is 4.62. The van der Waals surface area contributed by atoms with Crippen molar-refractivity contribution in [3.05, 3.63) is 23.5 Å². The van der Waals surface area contributed by atoms with Gasteiger partial charge in [-0.05, 0) is 31.2 Å². The maximum atomic E-state index is 5.94. The molecule has 0 amide bonds. The predicted octanol–water partition coefficient (Wildman–Crippen LogP) is 3.22. The van der Waals surface area contributed by atoms with Gasteiger partial charge in [0.1, 0.15) is 0 Å². The number of aryl methyl sites for hydroxylation is 1. The standard InChI is InChI=1S/C13H19ClN2/c1-9-4-11(9)8-16(3)13-5-10(2)15-7-12(13)6-14/h5,7,9,11H,4,6,8H2,1-3H3. The second-order valence-electron chi connectivity index (χ2n) is 4.94. The first-order valence-electron chi connectivity index (χ1n) is 5.84. The number of hydrogen-bond donors (Lipinski definition) is 0. The predicted molar refractivity (Wildman–Crippen MR) is 69.1 cm³/mol. The molecule has 1 aliphatic rings. The van der Waals surface area contributed by atoms with Crippen LogP contribution in [0.15, 0.2) is 12.3 Å². The Morgan fingerprint density at radius 2 is 2.25 bits per heavy atom. The minimum atomic E-state index is 0.535. The molecule has 0 N–H and O–H groups in total. The molecule has 2 atom stereocenters. The Balaban J connectivity index is 2.13. The van der Waals surface area contributed by atoms with Gasteiger partial charge in [-0.25, -0.2) is 0 Å². The van der Waals surface area contributed by atoms with Crippen LogP contribution in [0.25, 0.3) is 0 Å². The van der Waals surface area contributed by atoms with Crippen LogP contribution in [0, 0.1) is 18.8 Å². The quantitative estimate of drug-likeness (QED) is 0.749. The van der Waals surface area contributed by atoms with Crippen molar-refractivity contribution in [3.63, 3.8) is 0 Å². The molecular weight excluding hydrogens is 220 g/mol. The average molecular weight is 239 g/mol. The van der Waals surface area contributed by atoms with Crippen LogP contribution in [-0.2, 0) is 5.88 Å². The van der Waals surface area contributed by atoms with Gasteiger partial charge in [0.05, 0.1) is 5.88 Å². The lowest BCUT2D eigenvalue weighted by molar-refractivity contribution is 0.723. The SMILES string of the molecule is Cc1cc(N(C)CC2CC2C)c(CCl)cn1. The van der Waals surface area contributed by atoms with Crippen LogP contribution in [0.3, 0.4) is 0 Å². The molecule has 88 valence electrons. The molecule has 0 aromatic carbocycles. The lowest BCUT2D eigenvalue weighted by Gasteiger charge is -2.22. The van der Waals surface area contributed by atoms with E-state index in [4.69, 9.17) is 11.6 Å². The van der Waals surface area contributed by atoms with E-state index in [0.29, 0.717) is 5.88 Å². The Labute approximate surface area is 103 Å². The van der Waals surface area contributed by atoms with Gasteiger partial charge in [0.2, 0.25) is 0 Å². The van der Waals surface area contributed by atoms with Crippen molar-refractivity contribution in [2.75, 3.05) is 18.5 Å². The molecular formula is C13H19ClN2. The molecule has 0 aliphatic heterocycles. The number of aromatic nitrogens is 1. The molecule has 2 unspecified atom stereocenters. The Hall–Kier alpha value is -0.760. The molecule has 1 fully saturated rings. The van der Waals surface area contributed by atoms with Gasteiger partial charge < -0.3 is 4.90 Å². The summed E-state index contributed by atoms with van der Waals surface area (Å²) in [7, 11) is 2.15. The zero-order valence-corrected chi connectivity index (χ0v) is 11.0. The number of anilines is 1. The first-order chi connectivity index (χ1) is 7.61. The largest absolute Gasteiger partial charge is 0.374 e. The van der Waals surface area contributed by atoms with Crippen molar-refractivity contribution in [1.29, 1.82) is 0 Å². The molecule has 2 rings (SSSR count). The third-order valence-corrected chi connectivity index (χ3v) is 3.73. The highest BCUT2D eigenvalue weighted by atomic mass is 35.5. The number of nitrogens with zero attached hydrogens (tertiary/aromatic N) is 2. The third-order valence-electron chi connectivity index (χ3n) is 3.44. The summed E-state index contributed by atoms with van der Waals surface area (Å²) in [4.78, 5) is 6.61. The minimum Gasteiger partial charge on any atom is -0.374 e. The first kappa shape index (κ1) is 11.7. The van der Waals surface area contributed by atoms with Crippen molar-refractivity contribution >= 4 is 17.3 Å². The van der Waals surface area contributed by atoms with Crippen molar-refractivity contribution in [2.24, 2.45) is 11.8 Å². The van der Waals surface area contributed by atoms with Gasteiger partial charge in [-0.1, -0.05) is 6.92 Å². The lowest BCUT2D eigenvalue weighted by Crippen LogP contribution is -2.22. The summed E-state index contributed by atoms with van der Waals surface area (Å²) in [6.07, 6.45) is 3.26. The van der Waals surface area contributed by atoms with Gasteiger partial charge in [0, 0.05) is 36.7 Å².